The molecule has 0 aromatic carbocycles. The molecule has 0 unspecified atom stereocenters. The molecule has 1 aliphatic rings. The Morgan fingerprint density at radius 2 is 2.00 bits per heavy atom. The van der Waals surface area contributed by atoms with E-state index in [4.69, 9.17) is 9.47 Å². The number of hydrogen-bond acceptors (Lipinski definition) is 2. The Balaban J connectivity index is 2.60. The molecule has 2 heteroatoms. The molecule has 2 nitrogen and oxygen atoms in total. The maximum absolute atomic E-state index is 5.49. The molecule has 1 rings (SSSR count). The minimum atomic E-state index is 0.181. The van der Waals surface area contributed by atoms with Gasteiger partial charge in [-0.1, -0.05) is 32.9 Å². The van der Waals surface area contributed by atoms with Gasteiger partial charge in [0.25, 0.3) is 0 Å². The molecule has 1 aliphatic carbocycles. The van der Waals surface area contributed by atoms with Crippen LogP contribution in [0.5, 0.6) is 0 Å². The number of rotatable bonds is 4. The molecule has 0 spiro atoms. The molecule has 0 amide bonds. The van der Waals surface area contributed by atoms with Crippen LogP contribution in [0.25, 0.3) is 0 Å². The van der Waals surface area contributed by atoms with Gasteiger partial charge in [0.05, 0.1) is 6.61 Å². The monoisotopic (exact) mass is 198 g/mol. The van der Waals surface area contributed by atoms with Gasteiger partial charge in [-0.2, -0.15) is 0 Å². The lowest BCUT2D eigenvalue weighted by Crippen LogP contribution is -2.35. The van der Waals surface area contributed by atoms with E-state index < -0.39 is 0 Å². The first-order valence-corrected chi connectivity index (χ1v) is 5.19. The van der Waals surface area contributed by atoms with Crippen LogP contribution in [0.3, 0.4) is 0 Å². The lowest BCUT2D eigenvalue weighted by molar-refractivity contribution is -0.0779. The SMILES string of the molecule is C=C1CC[C@@](C)(COCOC)C1(C)C. The minimum Gasteiger partial charge on any atom is -0.359 e. The second-order valence-electron chi connectivity index (χ2n) is 5.04. The molecule has 0 aromatic rings. The van der Waals surface area contributed by atoms with E-state index in [2.05, 4.69) is 27.4 Å². The van der Waals surface area contributed by atoms with Gasteiger partial charge >= 0.3 is 0 Å². The normalized spacial score (nSPS) is 31.0. The van der Waals surface area contributed by atoms with Gasteiger partial charge in [-0.3, -0.25) is 0 Å². The Hall–Kier alpha value is -0.340. The predicted molar refractivity (Wildman–Crippen MR) is 58.1 cm³/mol. The highest BCUT2D eigenvalue weighted by Gasteiger charge is 2.47. The topological polar surface area (TPSA) is 18.5 Å². The van der Waals surface area contributed by atoms with Crippen molar-refractivity contribution in [1.82, 2.24) is 0 Å². The minimum absolute atomic E-state index is 0.181. The van der Waals surface area contributed by atoms with Gasteiger partial charge < -0.3 is 9.47 Å². The fourth-order valence-electron chi connectivity index (χ4n) is 2.08. The van der Waals surface area contributed by atoms with Gasteiger partial charge in [-0.15, -0.1) is 0 Å². The van der Waals surface area contributed by atoms with E-state index in [1.54, 1.807) is 7.11 Å². The average molecular weight is 198 g/mol. The number of ether oxygens (including phenoxy) is 2. The lowest BCUT2D eigenvalue weighted by atomic mass is 9.68. The molecule has 0 aromatic heterocycles. The first-order chi connectivity index (χ1) is 6.44. The maximum Gasteiger partial charge on any atom is 0.146 e. The van der Waals surface area contributed by atoms with E-state index in [9.17, 15) is 0 Å². The van der Waals surface area contributed by atoms with E-state index >= 15 is 0 Å². The van der Waals surface area contributed by atoms with Gasteiger partial charge in [-0.25, -0.2) is 0 Å². The Kier molecular flexibility index (Phi) is 3.38. The van der Waals surface area contributed by atoms with Crippen molar-refractivity contribution in [3.05, 3.63) is 12.2 Å². The van der Waals surface area contributed by atoms with Crippen molar-refractivity contribution in [3.63, 3.8) is 0 Å². The zero-order chi connectivity index (χ0) is 10.8. The summed E-state index contributed by atoms with van der Waals surface area (Å²) in [5.74, 6) is 0. The first-order valence-electron chi connectivity index (χ1n) is 5.19. The summed E-state index contributed by atoms with van der Waals surface area (Å²) in [7, 11) is 1.65. The fraction of sp³-hybridized carbons (Fsp3) is 0.833. The molecular formula is C12H22O2. The molecule has 0 aliphatic heterocycles. The van der Waals surface area contributed by atoms with E-state index in [0.29, 0.717) is 6.79 Å². The van der Waals surface area contributed by atoms with Crippen molar-refractivity contribution in [2.24, 2.45) is 10.8 Å². The zero-order valence-corrected chi connectivity index (χ0v) is 9.85. The Morgan fingerprint density at radius 1 is 1.36 bits per heavy atom. The molecule has 0 saturated heterocycles. The molecule has 1 fully saturated rings. The van der Waals surface area contributed by atoms with Crippen LogP contribution in [0.4, 0.5) is 0 Å². The molecule has 0 heterocycles. The van der Waals surface area contributed by atoms with Crippen LogP contribution in [-0.4, -0.2) is 20.5 Å². The maximum atomic E-state index is 5.49. The quantitative estimate of drug-likeness (QED) is 0.393. The Bertz CT molecular complexity index is 220. The summed E-state index contributed by atoms with van der Waals surface area (Å²) in [6.45, 7) is 12.1. The summed E-state index contributed by atoms with van der Waals surface area (Å²) in [6.07, 6.45) is 2.29. The first kappa shape index (κ1) is 11.7. The molecule has 0 N–H and O–H groups in total. The van der Waals surface area contributed by atoms with Crippen LogP contribution < -0.4 is 0 Å². The van der Waals surface area contributed by atoms with Crippen LogP contribution in [0.1, 0.15) is 33.6 Å². The summed E-state index contributed by atoms with van der Waals surface area (Å²) in [4.78, 5) is 0. The van der Waals surface area contributed by atoms with Gasteiger partial charge in [0, 0.05) is 12.5 Å². The van der Waals surface area contributed by atoms with Crippen molar-refractivity contribution in [2.75, 3.05) is 20.5 Å². The Morgan fingerprint density at radius 3 is 2.43 bits per heavy atom. The molecule has 1 atom stereocenters. The summed E-state index contributed by atoms with van der Waals surface area (Å²) >= 11 is 0. The molecule has 14 heavy (non-hydrogen) atoms. The molecule has 0 radical (unpaired) electrons. The van der Waals surface area contributed by atoms with E-state index in [1.165, 1.54) is 12.0 Å². The third-order valence-electron chi connectivity index (χ3n) is 3.99. The van der Waals surface area contributed by atoms with E-state index in [-0.39, 0.29) is 10.8 Å². The average Bonchev–Trinajstić information content (AvgIpc) is 2.31. The third-order valence-corrected chi connectivity index (χ3v) is 3.99. The van der Waals surface area contributed by atoms with Gasteiger partial charge in [-0.05, 0) is 18.3 Å². The standard InChI is InChI=1S/C12H22O2/c1-10-6-7-12(4,11(10,2)3)8-14-9-13-5/h1,6-9H2,2-5H3/t12-/m0/s1. The largest absolute Gasteiger partial charge is 0.359 e. The Labute approximate surface area is 87.3 Å². The van der Waals surface area contributed by atoms with Crippen LogP contribution in [0.15, 0.2) is 12.2 Å². The van der Waals surface area contributed by atoms with Crippen molar-refractivity contribution in [3.8, 4) is 0 Å². The fourth-order valence-corrected chi connectivity index (χ4v) is 2.08. The van der Waals surface area contributed by atoms with Crippen LogP contribution in [-0.2, 0) is 9.47 Å². The summed E-state index contributed by atoms with van der Waals surface area (Å²) in [6, 6.07) is 0. The van der Waals surface area contributed by atoms with E-state index in [1.807, 2.05) is 0 Å². The highest BCUT2D eigenvalue weighted by atomic mass is 16.7. The molecule has 82 valence electrons. The highest BCUT2D eigenvalue weighted by Crippen LogP contribution is 2.54. The summed E-state index contributed by atoms with van der Waals surface area (Å²) < 4.78 is 10.4. The predicted octanol–water partition coefficient (Wildman–Crippen LogP) is 2.99. The number of allylic oxidation sites excluding steroid dienone is 1. The van der Waals surface area contributed by atoms with Crippen LogP contribution >= 0.6 is 0 Å². The van der Waals surface area contributed by atoms with Crippen LogP contribution in [0.2, 0.25) is 0 Å². The van der Waals surface area contributed by atoms with Crippen molar-refractivity contribution >= 4 is 0 Å². The van der Waals surface area contributed by atoms with Gasteiger partial charge in [0.15, 0.2) is 0 Å². The number of hydrogen-bond donors (Lipinski definition) is 0. The smallest absolute Gasteiger partial charge is 0.146 e. The molecule has 1 saturated carbocycles. The number of methoxy groups -OCH3 is 1. The van der Waals surface area contributed by atoms with Crippen molar-refractivity contribution in [2.45, 2.75) is 33.6 Å². The van der Waals surface area contributed by atoms with Crippen molar-refractivity contribution < 1.29 is 9.47 Å². The van der Waals surface area contributed by atoms with Gasteiger partial charge in [0.1, 0.15) is 6.79 Å². The summed E-state index contributed by atoms with van der Waals surface area (Å²) in [5, 5.41) is 0. The second kappa shape index (κ2) is 4.03. The molecular weight excluding hydrogens is 176 g/mol. The third kappa shape index (κ3) is 1.86. The lowest BCUT2D eigenvalue weighted by Gasteiger charge is -2.38. The zero-order valence-electron chi connectivity index (χ0n) is 9.85. The molecule has 0 bridgehead atoms. The van der Waals surface area contributed by atoms with Gasteiger partial charge in [0.2, 0.25) is 0 Å². The van der Waals surface area contributed by atoms with E-state index in [0.717, 1.165) is 13.0 Å². The van der Waals surface area contributed by atoms with Crippen LogP contribution in [0, 0.1) is 10.8 Å². The highest BCUT2D eigenvalue weighted by molar-refractivity contribution is 5.19. The second-order valence-corrected chi connectivity index (χ2v) is 5.04. The van der Waals surface area contributed by atoms with Crippen molar-refractivity contribution in [1.29, 1.82) is 0 Å². The summed E-state index contributed by atoms with van der Waals surface area (Å²) in [5.41, 5.74) is 1.74.